The van der Waals surface area contributed by atoms with Crippen LogP contribution >= 0.6 is 0 Å². The lowest BCUT2D eigenvalue weighted by Crippen LogP contribution is -2.36. The van der Waals surface area contributed by atoms with Crippen LogP contribution in [0.5, 0.6) is 0 Å². The van der Waals surface area contributed by atoms with E-state index in [1.807, 2.05) is 35.2 Å². The van der Waals surface area contributed by atoms with Crippen LogP contribution in [-0.4, -0.2) is 22.3 Å². The van der Waals surface area contributed by atoms with E-state index in [1.54, 1.807) is 24.4 Å². The molecule has 1 aliphatic rings. The minimum Gasteiger partial charge on any atom is -0.355 e. The summed E-state index contributed by atoms with van der Waals surface area (Å²) in [5, 5.41) is 12.1. The smallest absolute Gasteiger partial charge is 0.272 e. The summed E-state index contributed by atoms with van der Waals surface area (Å²) >= 11 is 0. The number of nitrogens with one attached hydrogen (secondary N) is 1. The Morgan fingerprint density at radius 1 is 1.04 bits per heavy atom. The number of pyridine rings is 1. The summed E-state index contributed by atoms with van der Waals surface area (Å²) in [6.45, 7) is 1.31. The lowest BCUT2D eigenvalue weighted by Gasteiger charge is -2.28. The molecule has 5 heteroatoms. The molecule has 1 aliphatic heterocycles. The number of hydrogen-bond donors (Lipinski definition) is 1. The van der Waals surface area contributed by atoms with Gasteiger partial charge in [-0.25, -0.2) is 0 Å². The first kappa shape index (κ1) is 16.8. The molecule has 0 spiro atoms. The number of anilines is 2. The second kappa shape index (κ2) is 7.30. The van der Waals surface area contributed by atoms with E-state index in [1.165, 1.54) is 11.1 Å². The average Bonchev–Trinajstić information content (AvgIpc) is 2.73. The second-order valence-electron chi connectivity index (χ2n) is 6.49. The Kier molecular flexibility index (Phi) is 4.54. The summed E-state index contributed by atoms with van der Waals surface area (Å²) in [5.74, 6) is -0.0621. The van der Waals surface area contributed by atoms with Crippen LogP contribution in [0.4, 0.5) is 11.4 Å². The molecule has 1 N–H and O–H groups in total. The minimum atomic E-state index is -0.0621. The van der Waals surface area contributed by atoms with Crippen molar-refractivity contribution >= 4 is 17.3 Å². The van der Waals surface area contributed by atoms with Crippen LogP contribution in [0, 0.1) is 11.3 Å². The van der Waals surface area contributed by atoms with Crippen molar-refractivity contribution in [1.29, 1.82) is 5.26 Å². The van der Waals surface area contributed by atoms with Gasteiger partial charge in [-0.05, 0) is 53.9 Å². The molecule has 1 amide bonds. The van der Waals surface area contributed by atoms with Gasteiger partial charge in [-0.15, -0.1) is 0 Å². The van der Waals surface area contributed by atoms with Crippen molar-refractivity contribution in [3.05, 3.63) is 89.2 Å². The minimum absolute atomic E-state index is 0.0621. The van der Waals surface area contributed by atoms with E-state index in [-0.39, 0.29) is 5.91 Å². The summed E-state index contributed by atoms with van der Waals surface area (Å²) in [4.78, 5) is 19.0. The molecule has 5 nitrogen and oxygen atoms in total. The van der Waals surface area contributed by atoms with Crippen LogP contribution in [-0.2, 0) is 13.0 Å². The van der Waals surface area contributed by atoms with Gasteiger partial charge in [0.05, 0.1) is 11.6 Å². The van der Waals surface area contributed by atoms with Crippen molar-refractivity contribution in [3.8, 4) is 6.07 Å². The molecule has 0 saturated carbocycles. The fraction of sp³-hybridized carbons (Fsp3) is 0.136. The number of carbonyl (C=O) groups excluding carboxylic acids is 1. The molecule has 132 valence electrons. The van der Waals surface area contributed by atoms with Crippen molar-refractivity contribution in [2.45, 2.75) is 13.0 Å². The summed E-state index contributed by atoms with van der Waals surface area (Å²) in [6.07, 6.45) is 2.50. The predicted molar refractivity (Wildman–Crippen MR) is 104 cm³/mol. The fourth-order valence-corrected chi connectivity index (χ4v) is 3.25. The first-order valence-electron chi connectivity index (χ1n) is 8.82. The Balaban J connectivity index is 1.50. The SMILES string of the molecule is N#Cc1ccc(Nc2ccnc(C(=O)N3CCc4ccccc4C3)c2)cc1. The lowest BCUT2D eigenvalue weighted by atomic mass is 10.00. The van der Waals surface area contributed by atoms with Crippen molar-refractivity contribution in [3.63, 3.8) is 0 Å². The number of amides is 1. The van der Waals surface area contributed by atoms with Gasteiger partial charge in [0, 0.05) is 30.7 Å². The van der Waals surface area contributed by atoms with Crippen molar-refractivity contribution in [1.82, 2.24) is 9.88 Å². The molecule has 0 radical (unpaired) electrons. The third-order valence-corrected chi connectivity index (χ3v) is 4.70. The molecule has 0 aliphatic carbocycles. The number of rotatable bonds is 3. The maximum Gasteiger partial charge on any atom is 0.272 e. The van der Waals surface area contributed by atoms with Crippen LogP contribution in [0.25, 0.3) is 0 Å². The van der Waals surface area contributed by atoms with E-state index in [4.69, 9.17) is 5.26 Å². The Morgan fingerprint density at radius 2 is 1.81 bits per heavy atom. The highest BCUT2D eigenvalue weighted by molar-refractivity contribution is 5.93. The van der Waals surface area contributed by atoms with E-state index in [9.17, 15) is 4.79 Å². The van der Waals surface area contributed by atoms with Gasteiger partial charge in [0.15, 0.2) is 0 Å². The molecule has 1 aromatic heterocycles. The topological polar surface area (TPSA) is 69.0 Å². The first-order chi connectivity index (χ1) is 13.2. The van der Waals surface area contributed by atoms with Crippen molar-refractivity contribution in [2.75, 3.05) is 11.9 Å². The monoisotopic (exact) mass is 354 g/mol. The number of hydrogen-bond acceptors (Lipinski definition) is 4. The van der Waals surface area contributed by atoms with E-state index in [2.05, 4.69) is 28.5 Å². The molecule has 27 heavy (non-hydrogen) atoms. The third kappa shape index (κ3) is 3.65. The molecule has 4 rings (SSSR count). The zero-order valence-corrected chi connectivity index (χ0v) is 14.7. The maximum absolute atomic E-state index is 12.9. The molecule has 0 atom stereocenters. The Morgan fingerprint density at radius 3 is 2.59 bits per heavy atom. The lowest BCUT2D eigenvalue weighted by molar-refractivity contribution is 0.0729. The highest BCUT2D eigenvalue weighted by Gasteiger charge is 2.22. The molecule has 0 fully saturated rings. The average molecular weight is 354 g/mol. The van der Waals surface area contributed by atoms with Gasteiger partial charge in [0.1, 0.15) is 5.69 Å². The second-order valence-corrected chi connectivity index (χ2v) is 6.49. The van der Waals surface area contributed by atoms with E-state index >= 15 is 0 Å². The highest BCUT2D eigenvalue weighted by atomic mass is 16.2. The van der Waals surface area contributed by atoms with Gasteiger partial charge in [-0.2, -0.15) is 5.26 Å². The molecule has 2 heterocycles. The van der Waals surface area contributed by atoms with Gasteiger partial charge < -0.3 is 10.2 Å². The van der Waals surface area contributed by atoms with Gasteiger partial charge in [-0.1, -0.05) is 24.3 Å². The van der Waals surface area contributed by atoms with Gasteiger partial charge in [0.2, 0.25) is 0 Å². The number of fused-ring (bicyclic) bond motifs is 1. The molecule has 0 bridgehead atoms. The number of nitrogens with zero attached hydrogens (tertiary/aromatic N) is 3. The maximum atomic E-state index is 12.9. The first-order valence-corrected chi connectivity index (χ1v) is 8.82. The highest BCUT2D eigenvalue weighted by Crippen LogP contribution is 2.22. The van der Waals surface area contributed by atoms with Gasteiger partial charge in [0.25, 0.3) is 5.91 Å². The van der Waals surface area contributed by atoms with Crippen LogP contribution < -0.4 is 5.32 Å². The van der Waals surface area contributed by atoms with Gasteiger partial charge in [-0.3, -0.25) is 9.78 Å². The van der Waals surface area contributed by atoms with Crippen LogP contribution in [0.15, 0.2) is 66.9 Å². The van der Waals surface area contributed by atoms with E-state index < -0.39 is 0 Å². The van der Waals surface area contributed by atoms with Gasteiger partial charge >= 0.3 is 0 Å². The molecular weight excluding hydrogens is 336 g/mol. The summed E-state index contributed by atoms with van der Waals surface area (Å²) in [6, 6.07) is 21.1. The van der Waals surface area contributed by atoms with Crippen LogP contribution in [0.1, 0.15) is 27.2 Å². The molecule has 0 unspecified atom stereocenters. The van der Waals surface area contributed by atoms with Crippen LogP contribution in [0.2, 0.25) is 0 Å². The molecular formula is C22H18N4O. The quantitative estimate of drug-likeness (QED) is 0.775. The normalized spacial score (nSPS) is 12.8. The number of benzene rings is 2. The predicted octanol–water partition coefficient (Wildman–Crippen LogP) is 3.90. The Bertz CT molecular complexity index is 1020. The number of aromatic nitrogens is 1. The van der Waals surface area contributed by atoms with E-state index in [0.29, 0.717) is 24.3 Å². The van der Waals surface area contributed by atoms with Crippen molar-refractivity contribution in [2.24, 2.45) is 0 Å². The molecule has 2 aromatic carbocycles. The summed E-state index contributed by atoms with van der Waals surface area (Å²) < 4.78 is 0. The molecule has 0 saturated heterocycles. The number of carbonyl (C=O) groups is 1. The largest absolute Gasteiger partial charge is 0.355 e. The zero-order chi connectivity index (χ0) is 18.6. The molecule has 3 aromatic rings. The zero-order valence-electron chi connectivity index (χ0n) is 14.7. The van der Waals surface area contributed by atoms with Crippen molar-refractivity contribution < 1.29 is 4.79 Å². The fourth-order valence-electron chi connectivity index (χ4n) is 3.25. The van der Waals surface area contributed by atoms with E-state index in [0.717, 1.165) is 17.8 Å². The van der Waals surface area contributed by atoms with Crippen LogP contribution in [0.3, 0.4) is 0 Å². The third-order valence-electron chi connectivity index (χ3n) is 4.70. The Labute approximate surface area is 157 Å². The summed E-state index contributed by atoms with van der Waals surface area (Å²) in [5.41, 5.74) is 5.18. The standard InChI is InChI=1S/C22H18N4O/c23-14-16-5-7-19(8-6-16)25-20-9-11-24-21(13-20)22(27)26-12-10-17-3-1-2-4-18(17)15-26/h1-9,11,13H,10,12,15H2,(H,24,25). The number of nitriles is 1. The summed E-state index contributed by atoms with van der Waals surface area (Å²) in [7, 11) is 0. The Hall–Kier alpha value is -3.65.